The number of nitrogens with zero attached hydrogens (tertiary/aromatic N) is 1. The molecule has 0 saturated heterocycles. The lowest BCUT2D eigenvalue weighted by Gasteiger charge is -2.34. The van der Waals surface area contributed by atoms with E-state index in [1.807, 2.05) is 12.2 Å². The minimum absolute atomic E-state index is 0.0341. The molecule has 0 amide bonds. The van der Waals surface area contributed by atoms with Crippen molar-refractivity contribution >= 4 is 17.9 Å². The zero-order chi connectivity index (χ0) is 37.8. The van der Waals surface area contributed by atoms with Crippen LogP contribution in [0.4, 0.5) is 0 Å². The number of allylic oxidation sites excluding steroid dienone is 6. The van der Waals surface area contributed by atoms with E-state index in [0.717, 1.165) is 64.2 Å². The summed E-state index contributed by atoms with van der Waals surface area (Å²) in [6.07, 6.45) is 37.3. The zero-order valence-electron chi connectivity index (χ0n) is 33.5. The smallest absolute Gasteiger partial charge is 0.306 e. The molecule has 0 rings (SSSR count). The highest BCUT2D eigenvalue weighted by molar-refractivity contribution is 5.70. The molecule has 296 valence electrons. The first kappa shape index (κ1) is 48.5. The second kappa shape index (κ2) is 34.6. The molecular formula is C43H77NO7. The number of esters is 2. The van der Waals surface area contributed by atoms with Crippen molar-refractivity contribution in [3.05, 3.63) is 36.5 Å². The maximum atomic E-state index is 12.7. The molecule has 0 spiro atoms. The topological polar surface area (TPSA) is 102 Å². The lowest BCUT2D eigenvalue weighted by molar-refractivity contribution is -0.889. The fourth-order valence-corrected chi connectivity index (χ4v) is 5.89. The third kappa shape index (κ3) is 33.2. The molecule has 2 unspecified atom stereocenters. The number of unbranched alkanes of at least 4 members (excludes halogenated alkanes) is 18. The highest BCUT2D eigenvalue weighted by atomic mass is 16.6. The predicted molar refractivity (Wildman–Crippen MR) is 208 cm³/mol. The van der Waals surface area contributed by atoms with Gasteiger partial charge in [0.1, 0.15) is 12.6 Å². The number of likely N-dealkylation sites (N-methyl/N-ethyl adjacent to an activating group) is 1. The summed E-state index contributed by atoms with van der Waals surface area (Å²) in [7, 11) is 5.39. The molecule has 0 aliphatic rings. The standard InChI is InChI=1S/C43H77NO7/c1-6-8-10-12-14-16-18-20-22-23-25-27-29-31-33-41(45)50-38-39(37-49-36-35-40(43(47)48)44(3,4)5)51-42(46)34-32-30-28-26-24-21-19-17-15-13-11-9-7-2/h9,11,13,15,17,19,39-40H,6-8,10,12,14,16,18,20-38H2,1-5H3/b11-9+,15-13+,19-17+. The molecule has 0 aromatic rings. The molecule has 0 saturated carbocycles. The quantitative estimate of drug-likeness (QED) is 0.0275. The maximum Gasteiger partial charge on any atom is 0.306 e. The molecule has 0 N–H and O–H groups in total. The first-order valence-corrected chi connectivity index (χ1v) is 20.5. The molecule has 8 nitrogen and oxygen atoms in total. The van der Waals surface area contributed by atoms with Gasteiger partial charge in [0, 0.05) is 19.3 Å². The second-order valence-electron chi connectivity index (χ2n) is 14.9. The monoisotopic (exact) mass is 720 g/mol. The van der Waals surface area contributed by atoms with Gasteiger partial charge < -0.3 is 28.6 Å². The average Bonchev–Trinajstić information content (AvgIpc) is 3.08. The van der Waals surface area contributed by atoms with Crippen molar-refractivity contribution in [3.63, 3.8) is 0 Å². The molecule has 0 bridgehead atoms. The molecule has 8 heteroatoms. The van der Waals surface area contributed by atoms with Crippen LogP contribution in [0.15, 0.2) is 36.5 Å². The van der Waals surface area contributed by atoms with E-state index in [9.17, 15) is 19.5 Å². The van der Waals surface area contributed by atoms with E-state index in [4.69, 9.17) is 14.2 Å². The molecule has 0 fully saturated rings. The Hall–Kier alpha value is -2.45. The first-order valence-electron chi connectivity index (χ1n) is 20.5. The molecular weight excluding hydrogens is 642 g/mol. The van der Waals surface area contributed by atoms with Crippen molar-refractivity contribution in [2.24, 2.45) is 0 Å². The molecule has 0 heterocycles. The van der Waals surface area contributed by atoms with E-state index in [2.05, 4.69) is 38.2 Å². The average molecular weight is 720 g/mol. The van der Waals surface area contributed by atoms with E-state index in [0.29, 0.717) is 12.8 Å². The first-order chi connectivity index (χ1) is 24.6. The highest BCUT2D eigenvalue weighted by Gasteiger charge is 2.25. The predicted octanol–water partition coefficient (Wildman–Crippen LogP) is 9.35. The van der Waals surface area contributed by atoms with E-state index in [-0.39, 0.29) is 42.7 Å². The minimum atomic E-state index is -1.13. The van der Waals surface area contributed by atoms with Crippen LogP contribution >= 0.6 is 0 Å². The largest absolute Gasteiger partial charge is 0.544 e. The molecule has 0 aromatic heterocycles. The number of hydrogen-bond donors (Lipinski definition) is 0. The summed E-state index contributed by atoms with van der Waals surface area (Å²) in [5.41, 5.74) is 0. The van der Waals surface area contributed by atoms with Crippen LogP contribution in [-0.2, 0) is 28.6 Å². The third-order valence-electron chi connectivity index (χ3n) is 9.10. The Labute approximate surface area is 313 Å². The molecule has 0 radical (unpaired) electrons. The van der Waals surface area contributed by atoms with Crippen molar-refractivity contribution in [2.45, 2.75) is 180 Å². The van der Waals surface area contributed by atoms with E-state index >= 15 is 0 Å². The van der Waals surface area contributed by atoms with Crippen LogP contribution in [0.2, 0.25) is 0 Å². The summed E-state index contributed by atoms with van der Waals surface area (Å²) < 4.78 is 17.1. The highest BCUT2D eigenvalue weighted by Crippen LogP contribution is 2.14. The van der Waals surface area contributed by atoms with Crippen LogP contribution in [0, 0.1) is 0 Å². The van der Waals surface area contributed by atoms with E-state index < -0.39 is 18.1 Å². The molecule has 0 aliphatic carbocycles. The Morgan fingerprint density at radius 1 is 0.608 bits per heavy atom. The SMILES string of the molecule is CC/C=C/C=C/C=C/CCCCCCCC(=O)OC(COCCC(C(=O)[O-])[N+](C)(C)C)COC(=O)CCCCCCCCCCCCCCCC. The van der Waals surface area contributed by atoms with Crippen LogP contribution < -0.4 is 5.11 Å². The summed E-state index contributed by atoms with van der Waals surface area (Å²) in [5, 5.41) is 11.6. The van der Waals surface area contributed by atoms with Crippen LogP contribution in [-0.4, -0.2) is 75.5 Å². The summed E-state index contributed by atoms with van der Waals surface area (Å²) >= 11 is 0. The van der Waals surface area contributed by atoms with Gasteiger partial charge in [-0.1, -0.05) is 153 Å². The Bertz CT molecular complexity index is 937. The molecule has 51 heavy (non-hydrogen) atoms. The van der Waals surface area contributed by atoms with E-state index in [1.165, 1.54) is 70.6 Å². The number of carbonyl (C=O) groups excluding carboxylic acids is 3. The van der Waals surface area contributed by atoms with Gasteiger partial charge in [0.15, 0.2) is 6.10 Å². The summed E-state index contributed by atoms with van der Waals surface area (Å²) in [6, 6.07) is -0.727. The van der Waals surface area contributed by atoms with Gasteiger partial charge >= 0.3 is 11.9 Å². The van der Waals surface area contributed by atoms with Gasteiger partial charge in [-0.2, -0.15) is 0 Å². The van der Waals surface area contributed by atoms with Gasteiger partial charge in [0.2, 0.25) is 0 Å². The van der Waals surface area contributed by atoms with E-state index in [1.54, 1.807) is 21.1 Å². The second-order valence-corrected chi connectivity index (χ2v) is 14.9. The van der Waals surface area contributed by atoms with Crippen LogP contribution in [0.25, 0.3) is 0 Å². The van der Waals surface area contributed by atoms with Crippen LogP contribution in [0.3, 0.4) is 0 Å². The van der Waals surface area contributed by atoms with Gasteiger partial charge in [-0.25, -0.2) is 0 Å². The number of hydrogen-bond acceptors (Lipinski definition) is 7. The Morgan fingerprint density at radius 3 is 1.61 bits per heavy atom. The van der Waals surface area contributed by atoms with Crippen molar-refractivity contribution in [3.8, 4) is 0 Å². The van der Waals surface area contributed by atoms with Gasteiger partial charge in [0.05, 0.1) is 40.3 Å². The number of quaternary nitrogens is 1. The minimum Gasteiger partial charge on any atom is -0.544 e. The van der Waals surface area contributed by atoms with Gasteiger partial charge in [0.25, 0.3) is 0 Å². The number of carboxylic acids is 1. The number of aliphatic carboxylic acids is 1. The fourth-order valence-electron chi connectivity index (χ4n) is 5.89. The summed E-state index contributed by atoms with van der Waals surface area (Å²) in [6.45, 7) is 4.50. The lowest BCUT2D eigenvalue weighted by Crippen LogP contribution is -2.55. The number of carboxylic acid groups (broad SMARTS) is 1. The Morgan fingerprint density at radius 2 is 1.10 bits per heavy atom. The van der Waals surface area contributed by atoms with Crippen molar-refractivity contribution in [1.82, 2.24) is 0 Å². The van der Waals surface area contributed by atoms with Gasteiger partial charge in [-0.05, 0) is 32.1 Å². The molecule has 0 aromatic carbocycles. The van der Waals surface area contributed by atoms with Gasteiger partial charge in [-0.15, -0.1) is 0 Å². The normalized spacial score (nSPS) is 13.4. The Balaban J connectivity index is 4.40. The van der Waals surface area contributed by atoms with Crippen LogP contribution in [0.1, 0.15) is 168 Å². The molecule has 0 aliphatic heterocycles. The van der Waals surface area contributed by atoms with Crippen molar-refractivity contribution in [2.75, 3.05) is 41.0 Å². The van der Waals surface area contributed by atoms with Gasteiger partial charge in [-0.3, -0.25) is 9.59 Å². The maximum absolute atomic E-state index is 12.7. The number of carbonyl (C=O) groups is 3. The zero-order valence-corrected chi connectivity index (χ0v) is 33.5. The fraction of sp³-hybridized carbons (Fsp3) is 0.791. The Kier molecular flexibility index (Phi) is 33.0. The number of ether oxygens (including phenoxy) is 3. The summed E-state index contributed by atoms with van der Waals surface area (Å²) in [5.74, 6) is -1.76. The van der Waals surface area contributed by atoms with Crippen molar-refractivity contribution in [1.29, 1.82) is 0 Å². The van der Waals surface area contributed by atoms with Crippen LogP contribution in [0.5, 0.6) is 0 Å². The molecule has 2 atom stereocenters. The third-order valence-corrected chi connectivity index (χ3v) is 9.10. The van der Waals surface area contributed by atoms with Crippen molar-refractivity contribution < 1.29 is 38.2 Å². The summed E-state index contributed by atoms with van der Waals surface area (Å²) in [4.78, 5) is 36.7. The number of rotatable bonds is 36. The lowest BCUT2D eigenvalue weighted by atomic mass is 10.0.